The van der Waals surface area contributed by atoms with Crippen molar-refractivity contribution in [3.8, 4) is 0 Å². The van der Waals surface area contributed by atoms with Gasteiger partial charge in [0.05, 0.1) is 5.41 Å². The maximum atomic E-state index is 13.3. The molecule has 0 aromatic heterocycles. The third-order valence-corrected chi connectivity index (χ3v) is 8.73. The fourth-order valence-corrected chi connectivity index (χ4v) is 6.95. The minimum Gasteiger partial charge on any atom is -0.461 e. The second-order valence-corrected chi connectivity index (χ2v) is 11.1. The van der Waals surface area contributed by atoms with Crippen molar-refractivity contribution in [3.05, 3.63) is 23.8 Å². The molecule has 3 fully saturated rings. The Morgan fingerprint density at radius 3 is 2.63 bits per heavy atom. The summed E-state index contributed by atoms with van der Waals surface area (Å²) >= 11 is 0. The van der Waals surface area contributed by atoms with E-state index in [1.807, 2.05) is 39.8 Å². The van der Waals surface area contributed by atoms with Crippen molar-refractivity contribution in [1.29, 1.82) is 0 Å². The minimum absolute atomic E-state index is 0.0295. The number of hydrogen-bond donors (Lipinski definition) is 1. The first-order valence-electron chi connectivity index (χ1n) is 11.0. The molecule has 1 aliphatic heterocycles. The highest BCUT2D eigenvalue weighted by atomic mass is 16.6. The molecule has 6 nitrogen and oxygen atoms in total. The molecule has 1 saturated heterocycles. The van der Waals surface area contributed by atoms with Gasteiger partial charge < -0.3 is 14.6 Å². The molecule has 30 heavy (non-hydrogen) atoms. The molecule has 1 spiro atoms. The van der Waals surface area contributed by atoms with Gasteiger partial charge in [0.25, 0.3) is 0 Å². The predicted molar refractivity (Wildman–Crippen MR) is 107 cm³/mol. The quantitative estimate of drug-likeness (QED) is 0.664. The maximum absolute atomic E-state index is 13.3. The van der Waals surface area contributed by atoms with Crippen LogP contribution in [-0.2, 0) is 23.9 Å². The third-order valence-electron chi connectivity index (χ3n) is 8.73. The molecular formula is C24H30O6. The van der Waals surface area contributed by atoms with Crippen molar-refractivity contribution in [2.45, 2.75) is 83.5 Å². The van der Waals surface area contributed by atoms with Crippen LogP contribution >= 0.6 is 0 Å². The number of aliphatic hydroxyl groups is 1. The average molecular weight is 414 g/mol. The molecule has 162 valence electrons. The number of hydrogen-bond acceptors (Lipinski definition) is 6. The van der Waals surface area contributed by atoms with Gasteiger partial charge in [0, 0.05) is 17.8 Å². The van der Waals surface area contributed by atoms with Gasteiger partial charge in [-0.25, -0.2) is 0 Å². The van der Waals surface area contributed by atoms with Crippen LogP contribution < -0.4 is 0 Å². The van der Waals surface area contributed by atoms with Crippen molar-refractivity contribution in [1.82, 2.24) is 0 Å². The van der Waals surface area contributed by atoms with Crippen LogP contribution in [-0.4, -0.2) is 40.1 Å². The number of fused-ring (bicyclic) bond motifs is 1. The molecule has 6 atom stereocenters. The zero-order valence-corrected chi connectivity index (χ0v) is 18.1. The van der Waals surface area contributed by atoms with Crippen LogP contribution in [0.15, 0.2) is 23.8 Å². The lowest BCUT2D eigenvalue weighted by molar-refractivity contribution is -0.236. The van der Waals surface area contributed by atoms with E-state index >= 15 is 0 Å². The van der Waals surface area contributed by atoms with Gasteiger partial charge in [0.2, 0.25) is 0 Å². The molecule has 0 radical (unpaired) electrons. The Hall–Kier alpha value is -1.95. The largest absolute Gasteiger partial charge is 0.461 e. The highest BCUT2D eigenvalue weighted by Crippen LogP contribution is 2.72. The Balaban J connectivity index is 1.59. The van der Waals surface area contributed by atoms with Gasteiger partial charge in [0.1, 0.15) is 17.1 Å². The normalized spacial score (nSPS) is 46.5. The van der Waals surface area contributed by atoms with Gasteiger partial charge in [-0.2, -0.15) is 0 Å². The van der Waals surface area contributed by atoms with Crippen molar-refractivity contribution in [3.63, 3.8) is 0 Å². The first-order chi connectivity index (χ1) is 13.9. The van der Waals surface area contributed by atoms with E-state index in [2.05, 4.69) is 0 Å². The fraction of sp³-hybridized carbons (Fsp3) is 0.708. The summed E-state index contributed by atoms with van der Waals surface area (Å²) in [5.74, 6) is -0.796. The number of allylic oxidation sites excluding steroid dienone is 2. The van der Waals surface area contributed by atoms with E-state index in [1.165, 1.54) is 0 Å². The summed E-state index contributed by atoms with van der Waals surface area (Å²) < 4.78 is 12.0. The Labute approximate surface area is 176 Å². The molecular weight excluding hydrogens is 384 g/mol. The van der Waals surface area contributed by atoms with Crippen LogP contribution in [0.1, 0.15) is 66.2 Å². The molecule has 1 heterocycles. The Kier molecular flexibility index (Phi) is 3.76. The topological polar surface area (TPSA) is 89.9 Å². The summed E-state index contributed by atoms with van der Waals surface area (Å²) in [7, 11) is 0. The molecule has 1 unspecified atom stereocenters. The van der Waals surface area contributed by atoms with Crippen LogP contribution in [0.4, 0.5) is 0 Å². The zero-order valence-electron chi connectivity index (χ0n) is 18.1. The first kappa shape index (κ1) is 20.0. The van der Waals surface area contributed by atoms with Crippen molar-refractivity contribution >= 4 is 17.7 Å². The second-order valence-electron chi connectivity index (χ2n) is 11.1. The number of rotatable bonds is 1. The molecule has 0 aromatic rings. The van der Waals surface area contributed by atoms with E-state index in [-0.39, 0.29) is 23.6 Å². The number of carbonyl (C=O) groups is 3. The molecule has 2 bridgehead atoms. The standard InChI is InChI=1S/C24H30O6/c1-20(2,3)18(26)29-17-8-12-24(28)21(17,4)9-7-16-22-10-6-15(25)13-14(22)5-11-23(16,24)30-19(22)27/h5,11,13,16-17,28H,6-10,12H2,1-4H3/t16?,17-,21+,22+,23-,24-/m0/s1. The zero-order chi connectivity index (χ0) is 21.7. The molecule has 0 amide bonds. The lowest BCUT2D eigenvalue weighted by atomic mass is 9.46. The van der Waals surface area contributed by atoms with E-state index in [0.717, 1.165) is 5.57 Å². The molecule has 2 saturated carbocycles. The van der Waals surface area contributed by atoms with Gasteiger partial charge in [-0.05, 0) is 70.6 Å². The third kappa shape index (κ3) is 2.06. The van der Waals surface area contributed by atoms with Crippen LogP contribution in [0.3, 0.4) is 0 Å². The number of ketones is 1. The number of ether oxygens (including phenoxy) is 2. The van der Waals surface area contributed by atoms with Crippen LogP contribution in [0.5, 0.6) is 0 Å². The lowest BCUT2D eigenvalue weighted by Gasteiger charge is -2.58. The van der Waals surface area contributed by atoms with Crippen LogP contribution in [0, 0.1) is 22.2 Å². The van der Waals surface area contributed by atoms with E-state index in [9.17, 15) is 19.5 Å². The Bertz CT molecular complexity index is 924. The van der Waals surface area contributed by atoms with Gasteiger partial charge in [-0.3, -0.25) is 14.4 Å². The number of carbonyl (C=O) groups excluding carboxylic acids is 3. The summed E-state index contributed by atoms with van der Waals surface area (Å²) in [4.78, 5) is 37.9. The molecule has 4 aliphatic carbocycles. The van der Waals surface area contributed by atoms with E-state index in [4.69, 9.17) is 9.47 Å². The van der Waals surface area contributed by atoms with Crippen molar-refractivity contribution < 1.29 is 29.0 Å². The maximum Gasteiger partial charge on any atom is 0.318 e. The van der Waals surface area contributed by atoms with E-state index < -0.39 is 33.6 Å². The van der Waals surface area contributed by atoms with Gasteiger partial charge in [-0.1, -0.05) is 13.0 Å². The highest BCUT2D eigenvalue weighted by Gasteiger charge is 2.80. The predicted octanol–water partition coefficient (Wildman–Crippen LogP) is 3.03. The van der Waals surface area contributed by atoms with Gasteiger partial charge in [0.15, 0.2) is 11.4 Å². The summed E-state index contributed by atoms with van der Waals surface area (Å²) in [6.07, 6.45) is 7.76. The molecule has 0 aromatic carbocycles. The summed E-state index contributed by atoms with van der Waals surface area (Å²) in [5.41, 5.74) is -3.93. The summed E-state index contributed by atoms with van der Waals surface area (Å²) in [6.45, 7) is 7.42. The average Bonchev–Trinajstić information content (AvgIpc) is 3.01. The summed E-state index contributed by atoms with van der Waals surface area (Å²) in [5, 5.41) is 12.2. The van der Waals surface area contributed by atoms with Crippen LogP contribution in [0.2, 0.25) is 0 Å². The summed E-state index contributed by atoms with van der Waals surface area (Å²) in [6, 6.07) is 0. The van der Waals surface area contributed by atoms with E-state index in [0.29, 0.717) is 38.5 Å². The Morgan fingerprint density at radius 1 is 1.20 bits per heavy atom. The fourth-order valence-electron chi connectivity index (χ4n) is 6.95. The second kappa shape index (κ2) is 5.64. The SMILES string of the molecule is CC(C)(C)C(=O)O[C@H]1CC[C@@]2(O)[C@@]34C=CC5=CC(=O)CC[C@]5(C(=O)O3)C4CC[C@]12C. The lowest BCUT2D eigenvalue weighted by Crippen LogP contribution is -2.69. The highest BCUT2D eigenvalue weighted by molar-refractivity contribution is 5.98. The Morgan fingerprint density at radius 2 is 1.93 bits per heavy atom. The minimum atomic E-state index is -1.33. The van der Waals surface area contributed by atoms with Gasteiger partial charge in [-0.15, -0.1) is 0 Å². The van der Waals surface area contributed by atoms with Gasteiger partial charge >= 0.3 is 11.9 Å². The molecule has 6 heteroatoms. The number of esters is 2. The molecule has 5 rings (SSSR count). The van der Waals surface area contributed by atoms with E-state index in [1.54, 1.807) is 6.08 Å². The van der Waals surface area contributed by atoms with Crippen LogP contribution in [0.25, 0.3) is 0 Å². The van der Waals surface area contributed by atoms with Crippen molar-refractivity contribution in [2.75, 3.05) is 0 Å². The molecule has 1 N–H and O–H groups in total. The first-order valence-corrected chi connectivity index (χ1v) is 11.0. The smallest absolute Gasteiger partial charge is 0.318 e. The monoisotopic (exact) mass is 414 g/mol. The molecule has 5 aliphatic rings. The van der Waals surface area contributed by atoms with Crippen molar-refractivity contribution in [2.24, 2.45) is 22.2 Å².